The number of nitrogens with one attached hydrogen (secondary N) is 1. The molecule has 0 radical (unpaired) electrons. The van der Waals surface area contributed by atoms with Crippen LogP contribution >= 0.6 is 0 Å². The molecule has 1 atom stereocenters. The lowest BCUT2D eigenvalue weighted by Gasteiger charge is -2.23. The van der Waals surface area contributed by atoms with Crippen molar-refractivity contribution in [3.63, 3.8) is 0 Å². The summed E-state index contributed by atoms with van der Waals surface area (Å²) in [5.41, 5.74) is -0.785. The summed E-state index contributed by atoms with van der Waals surface area (Å²) < 4.78 is 5.01. The van der Waals surface area contributed by atoms with Crippen molar-refractivity contribution in [1.82, 2.24) is 20.4 Å². The molecule has 1 fully saturated rings. The van der Waals surface area contributed by atoms with E-state index < -0.39 is 5.54 Å². The molecule has 1 aromatic rings. The molecule has 1 unspecified atom stereocenters. The number of nitrogens with zero attached hydrogens (tertiary/aromatic N) is 3. The lowest BCUT2D eigenvalue weighted by molar-refractivity contribution is -0.131. The fraction of sp³-hybridized carbons (Fsp3) is 0.714. The SMILES string of the molecule is Cc1noc(CCCN2C(=O)NC(C)(CC(C)C)C2=O)n1. The second-order valence-electron chi connectivity index (χ2n) is 6.16. The molecule has 0 aliphatic carbocycles. The van der Waals surface area contributed by atoms with E-state index >= 15 is 0 Å². The van der Waals surface area contributed by atoms with Crippen LogP contribution in [0.5, 0.6) is 0 Å². The highest BCUT2D eigenvalue weighted by atomic mass is 16.5. The maximum absolute atomic E-state index is 12.4. The molecule has 1 saturated heterocycles. The summed E-state index contributed by atoms with van der Waals surface area (Å²) in [6.07, 6.45) is 1.80. The summed E-state index contributed by atoms with van der Waals surface area (Å²) in [5.74, 6) is 1.30. The Hall–Kier alpha value is -1.92. The van der Waals surface area contributed by atoms with Crippen molar-refractivity contribution < 1.29 is 14.1 Å². The van der Waals surface area contributed by atoms with Crippen LogP contribution in [0.3, 0.4) is 0 Å². The minimum Gasteiger partial charge on any atom is -0.339 e. The third kappa shape index (κ3) is 3.40. The minimum absolute atomic E-state index is 0.150. The van der Waals surface area contributed by atoms with Gasteiger partial charge in [-0.2, -0.15) is 4.98 Å². The summed E-state index contributed by atoms with van der Waals surface area (Å²) >= 11 is 0. The van der Waals surface area contributed by atoms with Crippen LogP contribution in [-0.2, 0) is 11.2 Å². The van der Waals surface area contributed by atoms with Crippen LogP contribution in [0.25, 0.3) is 0 Å². The van der Waals surface area contributed by atoms with E-state index in [2.05, 4.69) is 15.5 Å². The maximum Gasteiger partial charge on any atom is 0.325 e. The van der Waals surface area contributed by atoms with Crippen LogP contribution in [-0.4, -0.2) is 39.1 Å². The van der Waals surface area contributed by atoms with Crippen LogP contribution in [0.1, 0.15) is 45.3 Å². The standard InChI is InChI=1S/C14H22N4O3/c1-9(2)8-14(4)12(19)18(13(20)16-14)7-5-6-11-15-10(3)17-21-11/h9H,5-8H2,1-4H3,(H,16,20). The zero-order valence-electron chi connectivity index (χ0n) is 13.0. The number of urea groups is 1. The first-order valence-corrected chi connectivity index (χ1v) is 7.25. The molecule has 116 valence electrons. The van der Waals surface area contributed by atoms with Gasteiger partial charge in [0.2, 0.25) is 5.89 Å². The molecule has 0 bridgehead atoms. The molecule has 7 heteroatoms. The largest absolute Gasteiger partial charge is 0.339 e. The fourth-order valence-corrected chi connectivity index (χ4v) is 2.73. The van der Waals surface area contributed by atoms with Crippen LogP contribution < -0.4 is 5.32 Å². The summed E-state index contributed by atoms with van der Waals surface area (Å²) in [6, 6.07) is -0.315. The Bertz CT molecular complexity index is 540. The molecular weight excluding hydrogens is 272 g/mol. The molecule has 21 heavy (non-hydrogen) atoms. The minimum atomic E-state index is -0.785. The van der Waals surface area contributed by atoms with Gasteiger partial charge in [0, 0.05) is 13.0 Å². The van der Waals surface area contributed by atoms with Gasteiger partial charge in [0.15, 0.2) is 5.82 Å². The van der Waals surface area contributed by atoms with Gasteiger partial charge in [-0.15, -0.1) is 0 Å². The molecular formula is C14H22N4O3. The van der Waals surface area contributed by atoms with Crippen molar-refractivity contribution in [3.8, 4) is 0 Å². The van der Waals surface area contributed by atoms with E-state index in [-0.39, 0.29) is 11.9 Å². The fourth-order valence-electron chi connectivity index (χ4n) is 2.73. The molecule has 3 amide bonds. The van der Waals surface area contributed by atoms with Crippen LogP contribution in [0, 0.1) is 12.8 Å². The number of imide groups is 1. The van der Waals surface area contributed by atoms with Crippen LogP contribution in [0.4, 0.5) is 4.79 Å². The molecule has 2 rings (SSSR count). The van der Waals surface area contributed by atoms with Crippen molar-refractivity contribution >= 4 is 11.9 Å². The number of hydrogen-bond donors (Lipinski definition) is 1. The summed E-state index contributed by atoms with van der Waals surface area (Å²) in [6.45, 7) is 7.96. The van der Waals surface area contributed by atoms with Crippen molar-refractivity contribution in [1.29, 1.82) is 0 Å². The average Bonchev–Trinajstić information content (AvgIpc) is 2.85. The zero-order chi connectivity index (χ0) is 15.6. The van der Waals surface area contributed by atoms with Crippen molar-refractivity contribution in [2.45, 2.75) is 52.5 Å². The van der Waals surface area contributed by atoms with E-state index in [9.17, 15) is 9.59 Å². The third-order valence-electron chi connectivity index (χ3n) is 3.50. The summed E-state index contributed by atoms with van der Waals surface area (Å²) in [4.78, 5) is 29.8. The van der Waals surface area contributed by atoms with E-state index in [1.54, 1.807) is 13.8 Å². The Kier molecular flexibility index (Phi) is 4.29. The summed E-state index contributed by atoms with van der Waals surface area (Å²) in [5, 5.41) is 6.51. The van der Waals surface area contributed by atoms with E-state index in [0.29, 0.717) is 43.4 Å². The molecule has 1 aliphatic rings. The molecule has 0 aromatic carbocycles. The Morgan fingerprint density at radius 3 is 2.67 bits per heavy atom. The van der Waals surface area contributed by atoms with Gasteiger partial charge in [0.1, 0.15) is 5.54 Å². The highest BCUT2D eigenvalue weighted by Crippen LogP contribution is 2.25. The second kappa shape index (κ2) is 5.83. The monoisotopic (exact) mass is 294 g/mol. The van der Waals surface area contributed by atoms with E-state index in [0.717, 1.165) is 0 Å². The first-order valence-electron chi connectivity index (χ1n) is 7.25. The lowest BCUT2D eigenvalue weighted by atomic mass is 9.91. The number of amides is 3. The number of aromatic nitrogens is 2. The normalized spacial score (nSPS) is 22.2. The highest BCUT2D eigenvalue weighted by Gasteiger charge is 2.47. The molecule has 1 N–H and O–H groups in total. The summed E-state index contributed by atoms with van der Waals surface area (Å²) in [7, 11) is 0. The molecule has 2 heterocycles. The zero-order valence-corrected chi connectivity index (χ0v) is 13.0. The number of carbonyl (C=O) groups excluding carboxylic acids is 2. The Balaban J connectivity index is 1.91. The molecule has 0 saturated carbocycles. The van der Waals surface area contributed by atoms with Crippen LogP contribution in [0.15, 0.2) is 4.52 Å². The predicted molar refractivity (Wildman–Crippen MR) is 75.5 cm³/mol. The highest BCUT2D eigenvalue weighted by molar-refractivity contribution is 6.06. The van der Waals surface area contributed by atoms with E-state index in [1.165, 1.54) is 4.90 Å². The molecule has 7 nitrogen and oxygen atoms in total. The number of hydrogen-bond acceptors (Lipinski definition) is 5. The smallest absolute Gasteiger partial charge is 0.325 e. The van der Waals surface area contributed by atoms with Gasteiger partial charge in [-0.25, -0.2) is 4.79 Å². The van der Waals surface area contributed by atoms with Gasteiger partial charge in [-0.3, -0.25) is 9.69 Å². The van der Waals surface area contributed by atoms with Gasteiger partial charge in [-0.1, -0.05) is 19.0 Å². The Morgan fingerprint density at radius 2 is 2.10 bits per heavy atom. The Labute approximate surface area is 124 Å². The van der Waals surface area contributed by atoms with Gasteiger partial charge in [0.05, 0.1) is 0 Å². The van der Waals surface area contributed by atoms with Crippen LogP contribution in [0.2, 0.25) is 0 Å². The lowest BCUT2D eigenvalue weighted by Crippen LogP contribution is -2.45. The topological polar surface area (TPSA) is 88.3 Å². The maximum atomic E-state index is 12.4. The van der Waals surface area contributed by atoms with E-state index in [1.807, 2.05) is 13.8 Å². The van der Waals surface area contributed by atoms with Gasteiger partial charge >= 0.3 is 6.03 Å². The first kappa shape index (κ1) is 15.5. The van der Waals surface area contributed by atoms with Crippen molar-refractivity contribution in [2.24, 2.45) is 5.92 Å². The van der Waals surface area contributed by atoms with E-state index in [4.69, 9.17) is 4.52 Å². The third-order valence-corrected chi connectivity index (χ3v) is 3.50. The molecule has 1 aliphatic heterocycles. The Morgan fingerprint density at radius 1 is 1.38 bits per heavy atom. The quantitative estimate of drug-likeness (QED) is 0.806. The number of aryl methyl sites for hydroxylation is 2. The number of carbonyl (C=O) groups is 2. The predicted octanol–water partition coefficient (Wildman–Crippen LogP) is 1.67. The molecule has 1 aromatic heterocycles. The van der Waals surface area contributed by atoms with Gasteiger partial charge in [0.25, 0.3) is 5.91 Å². The molecule has 0 spiro atoms. The first-order chi connectivity index (χ1) is 9.82. The average molecular weight is 294 g/mol. The van der Waals surface area contributed by atoms with Crippen molar-refractivity contribution in [2.75, 3.05) is 6.54 Å². The van der Waals surface area contributed by atoms with Gasteiger partial charge < -0.3 is 9.84 Å². The van der Waals surface area contributed by atoms with Gasteiger partial charge in [-0.05, 0) is 32.6 Å². The second-order valence-corrected chi connectivity index (χ2v) is 6.16. The van der Waals surface area contributed by atoms with Crippen molar-refractivity contribution in [3.05, 3.63) is 11.7 Å². The number of rotatable bonds is 6.